The minimum atomic E-state index is -0.766. The quantitative estimate of drug-likeness (QED) is 0.783. The Balaban J connectivity index is 2.09. The van der Waals surface area contributed by atoms with Crippen molar-refractivity contribution in [3.8, 4) is 0 Å². The summed E-state index contributed by atoms with van der Waals surface area (Å²) in [5.41, 5.74) is 2.13. The van der Waals surface area contributed by atoms with Crippen molar-refractivity contribution in [1.29, 1.82) is 0 Å². The van der Waals surface area contributed by atoms with E-state index in [0.717, 1.165) is 16.6 Å². The second-order valence-electron chi connectivity index (χ2n) is 4.55. The summed E-state index contributed by atoms with van der Waals surface area (Å²) in [5.74, 6) is -0.406. The van der Waals surface area contributed by atoms with Crippen molar-refractivity contribution < 1.29 is 9.90 Å². The van der Waals surface area contributed by atoms with Crippen LogP contribution in [0.15, 0.2) is 34.8 Å². The summed E-state index contributed by atoms with van der Waals surface area (Å²) in [7, 11) is 0. The number of carbonyl (C=O) groups is 1. The molecule has 0 fully saturated rings. The number of hydrogen-bond donors (Lipinski definition) is 2. The zero-order valence-electron chi connectivity index (χ0n) is 9.06. The van der Waals surface area contributed by atoms with E-state index in [2.05, 4.69) is 39.5 Å². The summed E-state index contributed by atoms with van der Waals surface area (Å²) in [5, 5.41) is 12.4. The number of fused-ring (bicyclic) bond motifs is 3. The van der Waals surface area contributed by atoms with Crippen molar-refractivity contribution in [2.75, 3.05) is 5.32 Å². The van der Waals surface area contributed by atoms with E-state index in [1.165, 1.54) is 5.56 Å². The van der Waals surface area contributed by atoms with Gasteiger partial charge in [-0.1, -0.05) is 28.1 Å². The molecule has 88 valence electrons. The molecule has 1 aromatic carbocycles. The SMILES string of the molecule is O=C(O)[C@@H]1Nc2ccc(Br)cc2[C@@H]2C=CC[C@@H]12. The minimum Gasteiger partial charge on any atom is -0.480 e. The van der Waals surface area contributed by atoms with Crippen LogP contribution < -0.4 is 5.32 Å². The van der Waals surface area contributed by atoms with Crippen molar-refractivity contribution in [3.63, 3.8) is 0 Å². The number of anilines is 1. The number of aliphatic carboxylic acids is 1. The first kappa shape index (κ1) is 10.8. The van der Waals surface area contributed by atoms with Gasteiger partial charge in [-0.15, -0.1) is 0 Å². The van der Waals surface area contributed by atoms with E-state index >= 15 is 0 Å². The van der Waals surface area contributed by atoms with Crippen LogP contribution in [0.5, 0.6) is 0 Å². The molecule has 0 bridgehead atoms. The molecule has 0 amide bonds. The summed E-state index contributed by atoms with van der Waals surface area (Å²) in [6.45, 7) is 0. The lowest BCUT2D eigenvalue weighted by Crippen LogP contribution is -2.41. The molecule has 17 heavy (non-hydrogen) atoms. The van der Waals surface area contributed by atoms with E-state index in [9.17, 15) is 9.90 Å². The zero-order chi connectivity index (χ0) is 12.0. The molecule has 0 unspecified atom stereocenters. The molecule has 0 spiro atoms. The van der Waals surface area contributed by atoms with Crippen LogP contribution in [0.2, 0.25) is 0 Å². The van der Waals surface area contributed by atoms with Gasteiger partial charge in [-0.2, -0.15) is 0 Å². The van der Waals surface area contributed by atoms with Crippen LogP contribution in [0, 0.1) is 5.92 Å². The van der Waals surface area contributed by atoms with Gasteiger partial charge in [0, 0.05) is 22.0 Å². The number of carboxylic acid groups (broad SMARTS) is 1. The maximum Gasteiger partial charge on any atom is 0.326 e. The summed E-state index contributed by atoms with van der Waals surface area (Å²) < 4.78 is 1.03. The predicted octanol–water partition coefficient (Wildman–Crippen LogP) is 2.99. The number of allylic oxidation sites excluding steroid dienone is 2. The Morgan fingerprint density at radius 2 is 2.29 bits per heavy atom. The van der Waals surface area contributed by atoms with Gasteiger partial charge in [0.1, 0.15) is 6.04 Å². The largest absolute Gasteiger partial charge is 0.480 e. The van der Waals surface area contributed by atoms with E-state index in [4.69, 9.17) is 0 Å². The Labute approximate surface area is 108 Å². The minimum absolute atomic E-state index is 0.134. The summed E-state index contributed by atoms with van der Waals surface area (Å²) in [4.78, 5) is 11.3. The van der Waals surface area contributed by atoms with E-state index in [0.29, 0.717) is 0 Å². The maximum atomic E-state index is 11.3. The molecule has 1 aromatic rings. The van der Waals surface area contributed by atoms with Crippen molar-refractivity contribution in [2.45, 2.75) is 18.4 Å². The molecule has 3 rings (SSSR count). The molecule has 1 heterocycles. The normalized spacial score (nSPS) is 29.4. The standard InChI is InChI=1S/C13H12BrNO2/c14-7-4-5-11-10(6-7)8-2-1-3-9(8)12(15-11)13(16)17/h1-2,4-6,8-9,12,15H,3H2,(H,16,17)/t8-,9-,12-/m1/s1. The van der Waals surface area contributed by atoms with Crippen molar-refractivity contribution in [1.82, 2.24) is 0 Å². The number of rotatable bonds is 1. The van der Waals surface area contributed by atoms with E-state index in [1.807, 2.05) is 12.1 Å². The van der Waals surface area contributed by atoms with E-state index in [1.54, 1.807) is 0 Å². The molecule has 1 aliphatic heterocycles. The van der Waals surface area contributed by atoms with Crippen LogP contribution in [-0.2, 0) is 4.79 Å². The molecular weight excluding hydrogens is 282 g/mol. The molecule has 3 atom stereocenters. The Morgan fingerprint density at radius 3 is 3.06 bits per heavy atom. The summed E-state index contributed by atoms with van der Waals surface area (Å²) in [6.07, 6.45) is 5.05. The first-order valence-electron chi connectivity index (χ1n) is 5.62. The molecule has 0 aromatic heterocycles. The number of carboxylic acids is 1. The second kappa shape index (κ2) is 3.88. The highest BCUT2D eigenvalue weighted by atomic mass is 79.9. The first-order chi connectivity index (χ1) is 8.16. The van der Waals surface area contributed by atoms with E-state index in [-0.39, 0.29) is 11.8 Å². The van der Waals surface area contributed by atoms with Gasteiger partial charge in [0.25, 0.3) is 0 Å². The van der Waals surface area contributed by atoms with Crippen molar-refractivity contribution in [3.05, 3.63) is 40.4 Å². The topological polar surface area (TPSA) is 49.3 Å². The van der Waals surface area contributed by atoms with E-state index < -0.39 is 12.0 Å². The molecule has 0 saturated heterocycles. The van der Waals surface area contributed by atoms with Crippen molar-refractivity contribution >= 4 is 27.6 Å². The Hall–Kier alpha value is -1.29. The molecule has 4 heteroatoms. The molecule has 3 nitrogen and oxygen atoms in total. The molecule has 1 aliphatic carbocycles. The number of hydrogen-bond acceptors (Lipinski definition) is 2. The van der Waals surface area contributed by atoms with Gasteiger partial charge < -0.3 is 10.4 Å². The lowest BCUT2D eigenvalue weighted by atomic mass is 9.79. The molecule has 0 saturated carbocycles. The lowest BCUT2D eigenvalue weighted by Gasteiger charge is -2.34. The fourth-order valence-corrected chi connectivity index (χ4v) is 3.19. The van der Waals surface area contributed by atoms with Crippen LogP contribution >= 0.6 is 15.9 Å². The van der Waals surface area contributed by atoms with Gasteiger partial charge in [0.15, 0.2) is 0 Å². The highest BCUT2D eigenvalue weighted by Gasteiger charge is 2.40. The second-order valence-corrected chi connectivity index (χ2v) is 5.46. The smallest absolute Gasteiger partial charge is 0.326 e. The molecule has 0 radical (unpaired) electrons. The monoisotopic (exact) mass is 293 g/mol. The molecule has 2 N–H and O–H groups in total. The first-order valence-corrected chi connectivity index (χ1v) is 6.41. The number of nitrogens with one attached hydrogen (secondary N) is 1. The Bertz CT molecular complexity index is 512. The van der Waals surface area contributed by atoms with Crippen LogP contribution in [0.1, 0.15) is 17.9 Å². The number of halogens is 1. The van der Waals surface area contributed by atoms with Crippen LogP contribution in [0.4, 0.5) is 5.69 Å². The highest BCUT2D eigenvalue weighted by Crippen LogP contribution is 2.45. The average molecular weight is 294 g/mol. The van der Waals surface area contributed by atoms with Crippen LogP contribution in [-0.4, -0.2) is 17.1 Å². The van der Waals surface area contributed by atoms with Gasteiger partial charge in [-0.3, -0.25) is 0 Å². The van der Waals surface area contributed by atoms with Gasteiger partial charge in [0.05, 0.1) is 0 Å². The molecular formula is C13H12BrNO2. The summed E-state index contributed by atoms with van der Waals surface area (Å²) >= 11 is 3.46. The van der Waals surface area contributed by atoms with Crippen LogP contribution in [0.25, 0.3) is 0 Å². The third-order valence-corrected chi connectivity index (χ3v) is 4.08. The Kier molecular flexibility index (Phi) is 2.47. The van der Waals surface area contributed by atoms with Gasteiger partial charge in [0.2, 0.25) is 0 Å². The van der Waals surface area contributed by atoms with Gasteiger partial charge >= 0.3 is 5.97 Å². The number of benzene rings is 1. The predicted molar refractivity (Wildman–Crippen MR) is 69.2 cm³/mol. The van der Waals surface area contributed by atoms with Crippen molar-refractivity contribution in [2.24, 2.45) is 5.92 Å². The van der Waals surface area contributed by atoms with Gasteiger partial charge in [-0.25, -0.2) is 4.79 Å². The van der Waals surface area contributed by atoms with Crippen LogP contribution in [0.3, 0.4) is 0 Å². The fraction of sp³-hybridized carbons (Fsp3) is 0.308. The maximum absolute atomic E-state index is 11.3. The third kappa shape index (κ3) is 1.67. The average Bonchev–Trinajstić information content (AvgIpc) is 2.76. The molecule has 2 aliphatic rings. The third-order valence-electron chi connectivity index (χ3n) is 3.59. The summed E-state index contributed by atoms with van der Waals surface area (Å²) in [6, 6.07) is 5.47. The highest BCUT2D eigenvalue weighted by molar-refractivity contribution is 9.10. The lowest BCUT2D eigenvalue weighted by molar-refractivity contribution is -0.139. The fourth-order valence-electron chi connectivity index (χ4n) is 2.81. The zero-order valence-corrected chi connectivity index (χ0v) is 10.6. The Morgan fingerprint density at radius 1 is 1.47 bits per heavy atom. The van der Waals surface area contributed by atoms with Gasteiger partial charge in [-0.05, 0) is 30.2 Å².